The molecule has 0 radical (unpaired) electrons. The second-order valence-corrected chi connectivity index (χ2v) is 4.16. The first-order chi connectivity index (χ1) is 7.71. The minimum absolute atomic E-state index is 0.0832. The van der Waals surface area contributed by atoms with Crippen LogP contribution < -0.4 is 0 Å². The number of carbonyl (C=O) groups is 1. The number of Topliss-reactive ketones (excluding diaryl/α,β-unsaturated/α-hetero) is 1. The molecule has 0 fully saturated rings. The van der Waals surface area contributed by atoms with E-state index < -0.39 is 11.7 Å². The van der Waals surface area contributed by atoms with E-state index in [-0.39, 0.29) is 23.5 Å². The average Bonchev–Trinajstić information content (AvgIpc) is 2.15. The fraction of sp³-hybridized carbons (Fsp3) is 0.417. The van der Waals surface area contributed by atoms with E-state index in [1.165, 1.54) is 19.1 Å². The van der Waals surface area contributed by atoms with Gasteiger partial charge in [0.25, 0.3) is 0 Å². The Balaban J connectivity index is 3.27. The van der Waals surface area contributed by atoms with Crippen LogP contribution >= 0.6 is 0 Å². The first kappa shape index (κ1) is 13.7. The first-order valence-corrected chi connectivity index (χ1v) is 5.07. The number of hydrogen-bond acceptors (Lipinski definition) is 2. The van der Waals surface area contributed by atoms with Gasteiger partial charge in [0, 0.05) is 12.1 Å². The van der Waals surface area contributed by atoms with Gasteiger partial charge in [-0.15, -0.1) is 0 Å². The summed E-state index contributed by atoms with van der Waals surface area (Å²) >= 11 is 0. The van der Waals surface area contributed by atoms with Crippen LogP contribution in [-0.2, 0) is 12.7 Å². The quantitative estimate of drug-likeness (QED) is 0.763. The molecule has 1 aromatic rings. The van der Waals surface area contributed by atoms with Gasteiger partial charge in [-0.05, 0) is 32.6 Å². The summed E-state index contributed by atoms with van der Waals surface area (Å²) in [5, 5.41) is 0. The molecule has 1 aromatic carbocycles. The van der Waals surface area contributed by atoms with Gasteiger partial charge in [0.15, 0.2) is 5.78 Å². The average molecular weight is 245 g/mol. The predicted molar refractivity (Wildman–Crippen MR) is 58.8 cm³/mol. The summed E-state index contributed by atoms with van der Waals surface area (Å²) in [5.41, 5.74) is -0.480. The smallest absolute Gasteiger partial charge is 0.305 e. The van der Waals surface area contributed by atoms with Crippen molar-refractivity contribution in [2.75, 3.05) is 14.1 Å². The lowest BCUT2D eigenvalue weighted by Gasteiger charge is -2.17. The molecular formula is C12H14F3NO. The molecule has 0 N–H and O–H groups in total. The maximum Gasteiger partial charge on any atom is 0.416 e. The van der Waals surface area contributed by atoms with Crippen molar-refractivity contribution in [3.8, 4) is 0 Å². The predicted octanol–water partition coefficient (Wildman–Crippen LogP) is 2.97. The molecule has 0 aliphatic rings. The highest BCUT2D eigenvalue weighted by atomic mass is 19.4. The van der Waals surface area contributed by atoms with Gasteiger partial charge < -0.3 is 4.90 Å². The largest absolute Gasteiger partial charge is 0.416 e. The van der Waals surface area contributed by atoms with Crippen LogP contribution in [0.1, 0.15) is 28.4 Å². The number of rotatable bonds is 3. The Morgan fingerprint density at radius 3 is 2.29 bits per heavy atom. The SMILES string of the molecule is CC(=O)c1ccc(CN(C)C)c(C(F)(F)F)c1. The van der Waals surface area contributed by atoms with E-state index in [1.54, 1.807) is 19.0 Å². The van der Waals surface area contributed by atoms with Gasteiger partial charge in [0.1, 0.15) is 0 Å². The summed E-state index contributed by atoms with van der Waals surface area (Å²) in [6, 6.07) is 3.71. The monoisotopic (exact) mass is 245 g/mol. The topological polar surface area (TPSA) is 20.3 Å². The molecule has 5 heteroatoms. The first-order valence-electron chi connectivity index (χ1n) is 5.07. The molecule has 0 unspecified atom stereocenters. The van der Waals surface area contributed by atoms with Crippen LogP contribution in [0.4, 0.5) is 13.2 Å². The molecule has 0 saturated heterocycles. The number of nitrogens with zero attached hydrogens (tertiary/aromatic N) is 1. The molecule has 1 rings (SSSR count). The molecule has 0 aromatic heterocycles. The van der Waals surface area contributed by atoms with Crippen LogP contribution in [0, 0.1) is 0 Å². The Morgan fingerprint density at radius 1 is 1.29 bits per heavy atom. The Bertz CT molecular complexity index is 424. The summed E-state index contributed by atoms with van der Waals surface area (Å²) in [5.74, 6) is -0.369. The summed E-state index contributed by atoms with van der Waals surface area (Å²) < 4.78 is 38.4. The summed E-state index contributed by atoms with van der Waals surface area (Å²) in [6.45, 7) is 1.44. The Labute approximate surface area is 98.0 Å². The van der Waals surface area contributed by atoms with Crippen LogP contribution in [-0.4, -0.2) is 24.8 Å². The van der Waals surface area contributed by atoms with Crippen LogP contribution in [0.2, 0.25) is 0 Å². The third-order valence-electron chi connectivity index (χ3n) is 2.31. The fourth-order valence-electron chi connectivity index (χ4n) is 1.54. The highest BCUT2D eigenvalue weighted by Gasteiger charge is 2.33. The second kappa shape index (κ2) is 4.87. The normalized spacial score (nSPS) is 11.9. The maximum atomic E-state index is 12.8. The van der Waals surface area contributed by atoms with Gasteiger partial charge in [-0.2, -0.15) is 13.2 Å². The summed E-state index contributed by atoms with van der Waals surface area (Å²) in [6.07, 6.45) is -4.43. The molecule has 17 heavy (non-hydrogen) atoms. The van der Waals surface area contributed by atoms with E-state index in [2.05, 4.69) is 0 Å². The summed E-state index contributed by atoms with van der Waals surface area (Å²) in [7, 11) is 3.39. The number of alkyl halides is 3. The molecule has 0 aliphatic carbocycles. The van der Waals surface area contributed by atoms with Crippen molar-refractivity contribution in [1.29, 1.82) is 0 Å². The minimum atomic E-state index is -4.43. The van der Waals surface area contributed by atoms with Gasteiger partial charge in [0.05, 0.1) is 5.56 Å². The van der Waals surface area contributed by atoms with Crippen molar-refractivity contribution in [3.63, 3.8) is 0 Å². The number of ketones is 1. The lowest BCUT2D eigenvalue weighted by Crippen LogP contribution is -2.17. The van der Waals surface area contributed by atoms with Crippen LogP contribution in [0.25, 0.3) is 0 Å². The molecule has 0 spiro atoms. The number of halogens is 3. The number of benzene rings is 1. The Hall–Kier alpha value is -1.36. The zero-order chi connectivity index (χ0) is 13.2. The van der Waals surface area contributed by atoms with Crippen LogP contribution in [0.3, 0.4) is 0 Å². The fourth-order valence-corrected chi connectivity index (χ4v) is 1.54. The second-order valence-electron chi connectivity index (χ2n) is 4.16. The van der Waals surface area contributed by atoms with E-state index in [4.69, 9.17) is 0 Å². The summed E-state index contributed by atoms with van der Waals surface area (Å²) in [4.78, 5) is 12.7. The number of hydrogen-bond donors (Lipinski definition) is 0. The van der Waals surface area contributed by atoms with Gasteiger partial charge in [-0.1, -0.05) is 12.1 Å². The Morgan fingerprint density at radius 2 is 1.88 bits per heavy atom. The lowest BCUT2D eigenvalue weighted by molar-refractivity contribution is -0.138. The zero-order valence-electron chi connectivity index (χ0n) is 9.93. The van der Waals surface area contributed by atoms with E-state index in [0.29, 0.717) is 0 Å². The molecule has 2 nitrogen and oxygen atoms in total. The molecule has 0 saturated carbocycles. The van der Waals surface area contributed by atoms with Crippen molar-refractivity contribution < 1.29 is 18.0 Å². The third-order valence-corrected chi connectivity index (χ3v) is 2.31. The van der Waals surface area contributed by atoms with Crippen molar-refractivity contribution in [2.24, 2.45) is 0 Å². The zero-order valence-corrected chi connectivity index (χ0v) is 9.93. The molecule has 0 bridgehead atoms. The standard InChI is InChI=1S/C12H14F3NO/c1-8(17)9-4-5-10(7-16(2)3)11(6-9)12(13,14)15/h4-6H,7H2,1-3H3. The van der Waals surface area contributed by atoms with E-state index in [9.17, 15) is 18.0 Å². The molecule has 94 valence electrons. The van der Waals surface area contributed by atoms with Gasteiger partial charge in [-0.3, -0.25) is 4.79 Å². The highest BCUT2D eigenvalue weighted by Crippen LogP contribution is 2.33. The molecule has 0 heterocycles. The van der Waals surface area contributed by atoms with Gasteiger partial charge >= 0.3 is 6.18 Å². The molecular weight excluding hydrogens is 231 g/mol. The highest BCUT2D eigenvalue weighted by molar-refractivity contribution is 5.94. The Kier molecular flexibility index (Phi) is 3.93. The molecule has 0 amide bonds. The van der Waals surface area contributed by atoms with Crippen LogP contribution in [0.5, 0.6) is 0 Å². The van der Waals surface area contributed by atoms with Gasteiger partial charge in [-0.25, -0.2) is 0 Å². The minimum Gasteiger partial charge on any atom is -0.305 e. The van der Waals surface area contributed by atoms with Crippen molar-refractivity contribution in [1.82, 2.24) is 4.90 Å². The van der Waals surface area contributed by atoms with Crippen molar-refractivity contribution in [2.45, 2.75) is 19.6 Å². The van der Waals surface area contributed by atoms with Crippen molar-refractivity contribution >= 4 is 5.78 Å². The van der Waals surface area contributed by atoms with E-state index in [1.807, 2.05) is 0 Å². The van der Waals surface area contributed by atoms with Crippen LogP contribution in [0.15, 0.2) is 18.2 Å². The third kappa shape index (κ3) is 3.56. The van der Waals surface area contributed by atoms with E-state index >= 15 is 0 Å². The lowest BCUT2D eigenvalue weighted by atomic mass is 10.0. The maximum absolute atomic E-state index is 12.8. The van der Waals surface area contributed by atoms with Crippen molar-refractivity contribution in [3.05, 3.63) is 34.9 Å². The molecule has 0 atom stereocenters. The van der Waals surface area contributed by atoms with E-state index in [0.717, 1.165) is 6.07 Å². The van der Waals surface area contributed by atoms with Gasteiger partial charge in [0.2, 0.25) is 0 Å². The molecule has 0 aliphatic heterocycles. The number of carbonyl (C=O) groups excluding carboxylic acids is 1.